The third-order valence-corrected chi connectivity index (χ3v) is 3.95. The molecule has 1 aliphatic heterocycles. The molecule has 1 N–H and O–H groups in total. The van der Waals surface area contributed by atoms with E-state index in [4.69, 9.17) is 21.7 Å². The van der Waals surface area contributed by atoms with Crippen LogP contribution in [0.4, 0.5) is 10.1 Å². The highest BCUT2D eigenvalue weighted by atomic mass is 32.1. The SMILES string of the molecule is Fc1ccc(NC(=S)N2CCOC(COc3cccnc3)C2)cc1. The number of morpholine rings is 1. The number of nitrogens with zero attached hydrogens (tertiary/aromatic N) is 2. The van der Waals surface area contributed by atoms with Gasteiger partial charge in [0.25, 0.3) is 0 Å². The lowest BCUT2D eigenvalue weighted by molar-refractivity contribution is -0.0280. The first-order chi connectivity index (χ1) is 11.7. The average Bonchev–Trinajstić information content (AvgIpc) is 2.63. The molecular weight excluding hydrogens is 329 g/mol. The van der Waals surface area contributed by atoms with Gasteiger partial charge in [0.15, 0.2) is 5.11 Å². The number of ether oxygens (including phenoxy) is 2. The van der Waals surface area contributed by atoms with Crippen molar-refractivity contribution in [2.24, 2.45) is 0 Å². The van der Waals surface area contributed by atoms with Crippen molar-refractivity contribution < 1.29 is 13.9 Å². The van der Waals surface area contributed by atoms with Crippen LogP contribution in [0.3, 0.4) is 0 Å². The van der Waals surface area contributed by atoms with Crippen LogP contribution in [0.2, 0.25) is 0 Å². The lowest BCUT2D eigenvalue weighted by atomic mass is 10.3. The zero-order valence-electron chi connectivity index (χ0n) is 13.0. The highest BCUT2D eigenvalue weighted by molar-refractivity contribution is 7.80. The maximum Gasteiger partial charge on any atom is 0.173 e. The predicted molar refractivity (Wildman–Crippen MR) is 93.7 cm³/mol. The predicted octanol–water partition coefficient (Wildman–Crippen LogP) is 2.70. The van der Waals surface area contributed by atoms with Gasteiger partial charge < -0.3 is 19.7 Å². The molecule has 24 heavy (non-hydrogen) atoms. The number of halogens is 1. The smallest absolute Gasteiger partial charge is 0.173 e. The van der Waals surface area contributed by atoms with Gasteiger partial charge in [-0.2, -0.15) is 0 Å². The van der Waals surface area contributed by atoms with Gasteiger partial charge in [-0.05, 0) is 48.6 Å². The van der Waals surface area contributed by atoms with Gasteiger partial charge in [0, 0.05) is 25.0 Å². The Labute approximate surface area is 145 Å². The number of rotatable bonds is 4. The molecule has 0 saturated carbocycles. The lowest BCUT2D eigenvalue weighted by Crippen LogP contribution is -2.49. The van der Waals surface area contributed by atoms with E-state index in [0.717, 1.165) is 5.69 Å². The van der Waals surface area contributed by atoms with Crippen LogP contribution in [0.15, 0.2) is 48.8 Å². The van der Waals surface area contributed by atoms with Crippen LogP contribution in [0.1, 0.15) is 0 Å². The zero-order valence-corrected chi connectivity index (χ0v) is 13.8. The number of thiocarbonyl (C=S) groups is 1. The van der Waals surface area contributed by atoms with Crippen molar-refractivity contribution in [2.75, 3.05) is 31.6 Å². The molecule has 1 unspecified atom stereocenters. The molecule has 1 aliphatic rings. The van der Waals surface area contributed by atoms with Crippen molar-refractivity contribution in [3.63, 3.8) is 0 Å². The fourth-order valence-corrected chi connectivity index (χ4v) is 2.65. The minimum absolute atomic E-state index is 0.0769. The molecule has 1 atom stereocenters. The van der Waals surface area contributed by atoms with E-state index in [0.29, 0.717) is 37.2 Å². The summed E-state index contributed by atoms with van der Waals surface area (Å²) in [4.78, 5) is 6.04. The van der Waals surface area contributed by atoms with Crippen molar-refractivity contribution in [1.82, 2.24) is 9.88 Å². The summed E-state index contributed by atoms with van der Waals surface area (Å²) >= 11 is 5.43. The van der Waals surface area contributed by atoms with E-state index in [2.05, 4.69) is 10.3 Å². The van der Waals surface area contributed by atoms with Crippen molar-refractivity contribution >= 4 is 23.0 Å². The highest BCUT2D eigenvalue weighted by Gasteiger charge is 2.23. The van der Waals surface area contributed by atoms with Crippen LogP contribution < -0.4 is 10.1 Å². The lowest BCUT2D eigenvalue weighted by Gasteiger charge is -2.34. The van der Waals surface area contributed by atoms with Gasteiger partial charge in [-0.3, -0.25) is 4.98 Å². The van der Waals surface area contributed by atoms with Crippen molar-refractivity contribution in [2.45, 2.75) is 6.10 Å². The Bertz CT molecular complexity index is 669. The number of hydrogen-bond acceptors (Lipinski definition) is 4. The minimum atomic E-state index is -0.273. The van der Waals surface area contributed by atoms with Crippen LogP contribution >= 0.6 is 12.2 Å². The van der Waals surface area contributed by atoms with Gasteiger partial charge in [0.2, 0.25) is 0 Å². The molecule has 0 bridgehead atoms. The summed E-state index contributed by atoms with van der Waals surface area (Å²) in [5, 5.41) is 3.71. The number of pyridine rings is 1. The van der Waals surface area contributed by atoms with Gasteiger partial charge in [-0.25, -0.2) is 4.39 Å². The quantitative estimate of drug-likeness (QED) is 0.858. The molecule has 0 aliphatic carbocycles. The van der Waals surface area contributed by atoms with Gasteiger partial charge in [0.1, 0.15) is 24.3 Å². The normalized spacial score (nSPS) is 17.4. The topological polar surface area (TPSA) is 46.6 Å². The maximum absolute atomic E-state index is 12.9. The number of hydrogen-bond donors (Lipinski definition) is 1. The Hall–Kier alpha value is -2.25. The molecule has 1 aromatic carbocycles. The highest BCUT2D eigenvalue weighted by Crippen LogP contribution is 2.13. The van der Waals surface area contributed by atoms with Gasteiger partial charge in [-0.15, -0.1) is 0 Å². The summed E-state index contributed by atoms with van der Waals surface area (Å²) in [5.41, 5.74) is 0.760. The summed E-state index contributed by atoms with van der Waals surface area (Å²) in [5.74, 6) is 0.440. The standard InChI is InChI=1S/C17H18FN3O2S/c18-13-3-5-14(6-4-13)20-17(24)21-8-9-22-16(11-21)12-23-15-2-1-7-19-10-15/h1-7,10,16H,8-9,11-12H2,(H,20,24). The Balaban J connectivity index is 1.51. The molecule has 126 valence electrons. The molecular formula is C17H18FN3O2S. The molecule has 1 fully saturated rings. The first kappa shape index (κ1) is 16.6. The Morgan fingerprint density at radius 1 is 1.38 bits per heavy atom. The summed E-state index contributed by atoms with van der Waals surface area (Å²) < 4.78 is 24.4. The van der Waals surface area contributed by atoms with Crippen LogP contribution in [0.5, 0.6) is 5.75 Å². The number of benzene rings is 1. The second-order valence-electron chi connectivity index (χ2n) is 5.38. The second kappa shape index (κ2) is 8.03. The maximum atomic E-state index is 12.9. The summed E-state index contributed by atoms with van der Waals surface area (Å²) in [6.45, 7) is 2.34. The third kappa shape index (κ3) is 4.62. The number of aromatic nitrogens is 1. The van der Waals surface area contributed by atoms with E-state index in [-0.39, 0.29) is 11.9 Å². The summed E-state index contributed by atoms with van der Waals surface area (Å²) in [7, 11) is 0. The minimum Gasteiger partial charge on any atom is -0.489 e. The Morgan fingerprint density at radius 2 is 2.21 bits per heavy atom. The van der Waals surface area contributed by atoms with Gasteiger partial charge in [0.05, 0.1) is 12.8 Å². The van der Waals surface area contributed by atoms with Gasteiger partial charge in [-0.1, -0.05) is 0 Å². The summed E-state index contributed by atoms with van der Waals surface area (Å²) in [6, 6.07) is 9.79. The van der Waals surface area contributed by atoms with Crippen LogP contribution in [-0.2, 0) is 4.74 Å². The number of nitrogens with one attached hydrogen (secondary N) is 1. The molecule has 0 amide bonds. The molecule has 2 heterocycles. The fourth-order valence-electron chi connectivity index (χ4n) is 2.36. The van der Waals surface area contributed by atoms with E-state index < -0.39 is 0 Å². The molecule has 2 aromatic rings. The molecule has 3 rings (SSSR count). The second-order valence-corrected chi connectivity index (χ2v) is 5.76. The van der Waals surface area contributed by atoms with E-state index in [1.54, 1.807) is 24.5 Å². The van der Waals surface area contributed by atoms with Gasteiger partial charge >= 0.3 is 0 Å². The number of anilines is 1. The van der Waals surface area contributed by atoms with E-state index in [1.165, 1.54) is 12.1 Å². The van der Waals surface area contributed by atoms with Crippen LogP contribution in [-0.4, -0.2) is 47.4 Å². The Morgan fingerprint density at radius 3 is 2.96 bits per heavy atom. The average molecular weight is 347 g/mol. The van der Waals surface area contributed by atoms with Crippen molar-refractivity contribution in [3.05, 3.63) is 54.6 Å². The monoisotopic (exact) mass is 347 g/mol. The van der Waals surface area contributed by atoms with Crippen molar-refractivity contribution in [1.29, 1.82) is 0 Å². The Kier molecular flexibility index (Phi) is 5.55. The summed E-state index contributed by atoms with van der Waals surface area (Å²) in [6.07, 6.45) is 3.29. The van der Waals surface area contributed by atoms with Crippen molar-refractivity contribution in [3.8, 4) is 5.75 Å². The van der Waals surface area contributed by atoms with E-state index in [9.17, 15) is 4.39 Å². The first-order valence-corrected chi connectivity index (χ1v) is 8.07. The zero-order chi connectivity index (χ0) is 16.8. The molecule has 1 saturated heterocycles. The largest absolute Gasteiger partial charge is 0.489 e. The molecule has 7 heteroatoms. The third-order valence-electron chi connectivity index (χ3n) is 3.59. The fraction of sp³-hybridized carbons (Fsp3) is 0.294. The first-order valence-electron chi connectivity index (χ1n) is 7.66. The molecule has 0 radical (unpaired) electrons. The molecule has 5 nitrogen and oxygen atoms in total. The van der Waals surface area contributed by atoms with Crippen LogP contribution in [0.25, 0.3) is 0 Å². The molecule has 1 aromatic heterocycles. The van der Waals surface area contributed by atoms with Crippen LogP contribution in [0, 0.1) is 5.82 Å². The van der Waals surface area contributed by atoms with E-state index >= 15 is 0 Å². The van der Waals surface area contributed by atoms with E-state index in [1.807, 2.05) is 17.0 Å². The molecule has 0 spiro atoms.